The first kappa shape index (κ1) is 52.4. The van der Waals surface area contributed by atoms with Gasteiger partial charge in [0.1, 0.15) is 29.4 Å². The Bertz CT molecular complexity index is 3260. The molecule has 0 amide bonds. The van der Waals surface area contributed by atoms with Gasteiger partial charge in [-0.2, -0.15) is 0 Å². The van der Waals surface area contributed by atoms with Crippen molar-refractivity contribution in [3.8, 4) is 0 Å². The molecule has 0 spiro atoms. The van der Waals surface area contributed by atoms with Crippen LogP contribution in [0.1, 0.15) is 0 Å². The van der Waals surface area contributed by atoms with Crippen LogP contribution in [-0.2, 0) is 0 Å². The van der Waals surface area contributed by atoms with Crippen molar-refractivity contribution in [2.45, 2.75) is 0 Å². The van der Waals surface area contributed by atoms with Crippen molar-refractivity contribution < 1.29 is 174 Å². The number of rotatable bonds is 4. The molecule has 0 unspecified atom stereocenters. The van der Waals surface area contributed by atoms with Crippen LogP contribution >= 0.6 is 0 Å². The summed E-state index contributed by atoms with van der Waals surface area (Å²) >= 11 is 0. The quantitative estimate of drug-likeness (QED) is 0.0718. The summed E-state index contributed by atoms with van der Waals surface area (Å²) in [7, 11) is 0. The van der Waals surface area contributed by atoms with E-state index in [1.54, 1.807) is 0 Å². The van der Waals surface area contributed by atoms with E-state index in [-0.39, 0.29) is 51.4 Å². The minimum Gasteiger partial charge on any atom is -0.207 e. The summed E-state index contributed by atoms with van der Waals surface area (Å²) in [6, 6.07) is 0. The maximum atomic E-state index is 17.3. The molecule has 8 rings (SSSR count). The van der Waals surface area contributed by atoms with Gasteiger partial charge in [-0.05, 0) is 21.5 Å². The zero-order valence-electron chi connectivity index (χ0n) is 32.2. The van der Waals surface area contributed by atoms with E-state index >= 15 is 105 Å². The second-order valence-electron chi connectivity index (χ2n) is 14.3. The molecule has 0 heterocycles. The molecule has 0 aliphatic rings. The van der Waals surface area contributed by atoms with Gasteiger partial charge in [-0.3, -0.25) is 0 Å². The molecule has 0 atom stereocenters. The van der Waals surface area contributed by atoms with E-state index in [2.05, 4.69) is 0 Å². The van der Waals surface area contributed by atoms with Crippen LogP contribution in [-0.4, -0.2) is 6.15 Å². The standard InChI is InChI=1S/C40BF28.K/c42-13-1-5(21(50)37(66)33(13)62)17(46)29(58)25(54)9(1)41(10-2-6(18(47)30(59)26(10)55)22(51)38(67)34(63)14(2)43,11-3-7(19(48)31(60)27(11)56)23(52)39(68)35(64)15(3)44)12-4-8(20(49)32(61)28(12)57)24(53)40(69)36(65)16(4)45;/q-1;+1. The van der Waals surface area contributed by atoms with Crippen molar-refractivity contribution in [3.05, 3.63) is 163 Å². The maximum absolute atomic E-state index is 17.3. The molecule has 8 aromatic rings. The van der Waals surface area contributed by atoms with Gasteiger partial charge in [0.15, 0.2) is 140 Å². The van der Waals surface area contributed by atoms with Crippen LogP contribution in [0.2, 0.25) is 0 Å². The van der Waals surface area contributed by atoms with Crippen LogP contribution < -0.4 is 73.2 Å². The van der Waals surface area contributed by atoms with Gasteiger partial charge < -0.3 is 0 Å². The van der Waals surface area contributed by atoms with Gasteiger partial charge in [0.2, 0.25) is 0 Å². The second-order valence-corrected chi connectivity index (χ2v) is 14.3. The van der Waals surface area contributed by atoms with Crippen LogP contribution in [0.25, 0.3) is 43.1 Å². The first-order chi connectivity index (χ1) is 32.0. The van der Waals surface area contributed by atoms with E-state index in [9.17, 15) is 17.6 Å². The summed E-state index contributed by atoms with van der Waals surface area (Å²) in [5.74, 6) is -104. The summed E-state index contributed by atoms with van der Waals surface area (Å²) in [6.07, 6.45) is -8.05. The Labute approximate surface area is 406 Å². The Balaban J connectivity index is 0.00000722. The largest absolute Gasteiger partial charge is 1.00 e. The topological polar surface area (TPSA) is 0 Å². The predicted molar refractivity (Wildman–Crippen MR) is 179 cm³/mol. The average Bonchev–Trinajstić information content (AvgIpc) is 3.31. The Morgan fingerprint density at radius 1 is 0.129 bits per heavy atom. The number of hydrogen-bond donors (Lipinski definition) is 0. The minimum atomic E-state index is -8.05. The molecular weight excluding hydrogens is 1060 g/mol. The number of halogens is 28. The van der Waals surface area contributed by atoms with Crippen LogP contribution in [0.15, 0.2) is 0 Å². The van der Waals surface area contributed by atoms with Gasteiger partial charge in [0.05, 0.1) is 21.5 Å². The molecule has 0 radical (unpaired) electrons. The van der Waals surface area contributed by atoms with Gasteiger partial charge in [0.25, 0.3) is 0 Å². The number of benzene rings is 8. The van der Waals surface area contributed by atoms with Gasteiger partial charge >= 0.3 is 51.4 Å². The predicted octanol–water partition coefficient (Wildman–Crippen LogP) is 8.58. The van der Waals surface area contributed by atoms with Gasteiger partial charge in [-0.15, -0.1) is 21.9 Å². The SMILES string of the molecule is Fc1c(F)c(F)c2c([B-](c3c(F)c(F)c(F)c4c(F)c(F)c(F)c(F)c34)(c3c(F)c(F)c(F)c4c(F)c(F)c(F)c(F)c34)c3c(F)c(F)c(F)c4c(F)c(F)c(F)c(F)c34)c(F)c(F)c(F)c2c1F.[K+]. The molecule has 360 valence electrons. The third-order valence-corrected chi connectivity index (χ3v) is 11.2. The average molecular weight is 1060 g/mol. The monoisotopic (exact) mass is 1060 g/mol. The van der Waals surface area contributed by atoms with Crippen LogP contribution in [0.5, 0.6) is 0 Å². The molecule has 0 aliphatic heterocycles. The molecule has 0 nitrogen and oxygen atoms in total. The third kappa shape index (κ3) is 6.26. The Hall–Kier alpha value is -5.46. The van der Waals surface area contributed by atoms with E-state index in [1.165, 1.54) is 0 Å². The van der Waals surface area contributed by atoms with Crippen molar-refractivity contribution >= 4 is 71.1 Å². The van der Waals surface area contributed by atoms with E-state index in [0.717, 1.165) is 0 Å². The molecule has 70 heavy (non-hydrogen) atoms. The second kappa shape index (κ2) is 17.1. The third-order valence-electron chi connectivity index (χ3n) is 11.2. The first-order valence-corrected chi connectivity index (χ1v) is 17.4. The Morgan fingerprint density at radius 2 is 0.229 bits per heavy atom. The van der Waals surface area contributed by atoms with Crippen LogP contribution in [0, 0.1) is 163 Å². The van der Waals surface area contributed by atoms with E-state index in [1.807, 2.05) is 0 Å². The van der Waals surface area contributed by atoms with Gasteiger partial charge in [-0.25, -0.2) is 123 Å². The first-order valence-electron chi connectivity index (χ1n) is 17.4. The van der Waals surface area contributed by atoms with Crippen LogP contribution in [0.3, 0.4) is 0 Å². The van der Waals surface area contributed by atoms with Gasteiger partial charge in [-0.1, -0.05) is 0 Å². The van der Waals surface area contributed by atoms with Crippen molar-refractivity contribution in [1.82, 2.24) is 0 Å². The maximum Gasteiger partial charge on any atom is 1.00 e. The van der Waals surface area contributed by atoms with Crippen molar-refractivity contribution in [1.29, 1.82) is 0 Å². The normalized spacial score (nSPS) is 12.2. The summed E-state index contributed by atoms with van der Waals surface area (Å²) < 4.78 is 446. The minimum absolute atomic E-state index is 0. The van der Waals surface area contributed by atoms with E-state index < -0.39 is 234 Å². The smallest absolute Gasteiger partial charge is 0.207 e. The molecular formula is C40BF28K. The summed E-state index contributed by atoms with van der Waals surface area (Å²) in [5.41, 5.74) is -15.5. The molecule has 0 fully saturated rings. The van der Waals surface area contributed by atoms with Crippen molar-refractivity contribution in [2.75, 3.05) is 0 Å². The molecule has 0 aromatic heterocycles. The van der Waals surface area contributed by atoms with Crippen LogP contribution in [0.4, 0.5) is 123 Å². The summed E-state index contributed by atoms with van der Waals surface area (Å²) in [5, 5.41) is -27.0. The molecule has 0 saturated carbocycles. The molecule has 0 aliphatic carbocycles. The van der Waals surface area contributed by atoms with Crippen molar-refractivity contribution in [2.24, 2.45) is 0 Å². The molecule has 30 heteroatoms. The molecule has 0 N–H and O–H groups in total. The molecule has 8 aromatic carbocycles. The molecule has 0 bridgehead atoms. The fraction of sp³-hybridized carbons (Fsp3) is 0. The fourth-order valence-corrected chi connectivity index (χ4v) is 8.59. The summed E-state index contributed by atoms with van der Waals surface area (Å²) in [6.45, 7) is 0. The zero-order valence-corrected chi connectivity index (χ0v) is 35.3. The zero-order chi connectivity index (χ0) is 51.6. The fourth-order valence-electron chi connectivity index (χ4n) is 8.59. The van der Waals surface area contributed by atoms with E-state index in [0.29, 0.717) is 0 Å². The Kier molecular flexibility index (Phi) is 12.8. The Morgan fingerprint density at radius 3 is 0.357 bits per heavy atom. The van der Waals surface area contributed by atoms with Crippen molar-refractivity contribution in [3.63, 3.8) is 0 Å². The van der Waals surface area contributed by atoms with Gasteiger partial charge in [0, 0.05) is 0 Å². The molecule has 0 saturated heterocycles. The number of hydrogen-bond acceptors (Lipinski definition) is 0. The summed E-state index contributed by atoms with van der Waals surface area (Å²) in [4.78, 5) is 0. The van der Waals surface area contributed by atoms with E-state index in [4.69, 9.17) is 0 Å². The number of fused-ring (bicyclic) bond motifs is 4.